The third-order valence-electron chi connectivity index (χ3n) is 2.43. The summed E-state index contributed by atoms with van der Waals surface area (Å²) in [6.07, 6.45) is 0.943. The molecule has 2 aromatic rings. The van der Waals surface area contributed by atoms with Gasteiger partial charge in [0.15, 0.2) is 5.78 Å². The van der Waals surface area contributed by atoms with Gasteiger partial charge in [0.2, 0.25) is 0 Å². The molecule has 2 N–H and O–H groups in total. The fourth-order valence-corrected chi connectivity index (χ4v) is 1.59. The van der Waals surface area contributed by atoms with Crippen LogP contribution in [0.5, 0.6) is 5.75 Å². The van der Waals surface area contributed by atoms with Gasteiger partial charge in [-0.1, -0.05) is 0 Å². The number of benzene rings is 1. The first kappa shape index (κ1) is 11.9. The smallest absolute Gasteiger partial charge is 0.311 e. The first-order valence-corrected chi connectivity index (χ1v) is 5.20. The minimum atomic E-state index is -1.07. The molecule has 0 saturated heterocycles. The number of ketones is 1. The van der Waals surface area contributed by atoms with E-state index in [1.54, 1.807) is 0 Å². The van der Waals surface area contributed by atoms with E-state index in [0.29, 0.717) is 5.56 Å². The second kappa shape index (κ2) is 4.75. The Balaban J connectivity index is 2.31. The van der Waals surface area contributed by atoms with Crippen LogP contribution in [0.1, 0.15) is 21.7 Å². The highest BCUT2D eigenvalue weighted by molar-refractivity contribution is 6.10. The number of phenols is 1. The largest absolute Gasteiger partial charge is 0.508 e. The highest BCUT2D eigenvalue weighted by atomic mass is 16.4. The van der Waals surface area contributed by atoms with Crippen LogP contribution in [-0.2, 0) is 11.2 Å². The van der Waals surface area contributed by atoms with E-state index in [0.717, 1.165) is 0 Å². The first-order chi connectivity index (χ1) is 8.58. The maximum absolute atomic E-state index is 12.1. The molecule has 5 heteroatoms. The average Bonchev–Trinajstić information content (AvgIpc) is 2.76. The van der Waals surface area contributed by atoms with Gasteiger partial charge in [-0.3, -0.25) is 9.59 Å². The summed E-state index contributed by atoms with van der Waals surface area (Å²) in [5, 5.41) is 17.8. The molecule has 0 amide bonds. The van der Waals surface area contributed by atoms with Crippen LogP contribution in [0, 0.1) is 0 Å². The van der Waals surface area contributed by atoms with Crippen LogP contribution >= 0.6 is 0 Å². The van der Waals surface area contributed by atoms with Gasteiger partial charge in [0.05, 0.1) is 11.8 Å². The molecular weight excluding hydrogens is 236 g/mol. The summed E-state index contributed by atoms with van der Waals surface area (Å²) >= 11 is 0. The summed E-state index contributed by atoms with van der Waals surface area (Å²) < 4.78 is 4.99. The van der Waals surface area contributed by atoms with Crippen molar-refractivity contribution in [3.63, 3.8) is 0 Å². The Morgan fingerprint density at radius 2 is 1.78 bits per heavy atom. The Bertz CT molecular complexity index is 580. The molecule has 0 aliphatic heterocycles. The topological polar surface area (TPSA) is 87.7 Å². The van der Waals surface area contributed by atoms with Gasteiger partial charge in [0.25, 0.3) is 0 Å². The minimum absolute atomic E-state index is 0.0597. The molecule has 0 aliphatic carbocycles. The van der Waals surface area contributed by atoms with Crippen LogP contribution in [0.4, 0.5) is 0 Å². The van der Waals surface area contributed by atoms with Crippen molar-refractivity contribution >= 4 is 11.8 Å². The van der Waals surface area contributed by atoms with Gasteiger partial charge in [0, 0.05) is 5.56 Å². The number of carbonyl (C=O) groups is 2. The Labute approximate surface area is 102 Å². The molecule has 1 aromatic heterocycles. The van der Waals surface area contributed by atoms with E-state index in [1.165, 1.54) is 36.6 Å². The maximum Gasteiger partial charge on any atom is 0.311 e. The number of aliphatic carboxylic acids is 1. The number of carboxylic acid groups (broad SMARTS) is 1. The molecule has 0 spiro atoms. The van der Waals surface area contributed by atoms with Crippen molar-refractivity contribution in [3.05, 3.63) is 53.5 Å². The molecule has 0 bridgehead atoms. The quantitative estimate of drug-likeness (QED) is 0.803. The van der Waals surface area contributed by atoms with Crippen LogP contribution in [0.2, 0.25) is 0 Å². The van der Waals surface area contributed by atoms with E-state index in [2.05, 4.69) is 0 Å². The fraction of sp³-hybridized carbons (Fsp3) is 0.0769. The predicted octanol–water partition coefficient (Wildman–Crippen LogP) is 1.84. The van der Waals surface area contributed by atoms with Crippen molar-refractivity contribution < 1.29 is 24.2 Å². The molecule has 0 fully saturated rings. The lowest BCUT2D eigenvalue weighted by molar-refractivity contribution is -0.136. The number of aromatic hydroxyl groups is 1. The molecule has 0 aliphatic rings. The lowest BCUT2D eigenvalue weighted by Gasteiger charge is -2.01. The summed E-state index contributed by atoms with van der Waals surface area (Å²) in [4.78, 5) is 22.7. The number of furan rings is 1. The van der Waals surface area contributed by atoms with Gasteiger partial charge < -0.3 is 14.6 Å². The number of rotatable bonds is 4. The van der Waals surface area contributed by atoms with Crippen molar-refractivity contribution in [2.45, 2.75) is 6.42 Å². The molecular formula is C13H10O5. The molecule has 18 heavy (non-hydrogen) atoms. The summed E-state index contributed by atoms with van der Waals surface area (Å²) in [6.45, 7) is 0. The van der Waals surface area contributed by atoms with E-state index in [1.807, 2.05) is 0 Å². The normalized spacial score (nSPS) is 10.2. The minimum Gasteiger partial charge on any atom is -0.508 e. The Hall–Kier alpha value is -2.56. The molecule has 1 heterocycles. The lowest BCUT2D eigenvalue weighted by Crippen LogP contribution is -2.06. The Kier molecular flexibility index (Phi) is 3.14. The highest BCUT2D eigenvalue weighted by Crippen LogP contribution is 2.18. The van der Waals surface area contributed by atoms with Gasteiger partial charge in [-0.15, -0.1) is 0 Å². The predicted molar refractivity (Wildman–Crippen MR) is 61.6 cm³/mol. The SMILES string of the molecule is O=C(O)Cc1occc1C(=O)c1ccc(O)cc1. The Morgan fingerprint density at radius 3 is 2.39 bits per heavy atom. The number of carbonyl (C=O) groups excluding carboxylic acids is 1. The number of phenolic OH excluding ortho intramolecular Hbond substituents is 1. The van der Waals surface area contributed by atoms with Crippen molar-refractivity contribution in [1.29, 1.82) is 0 Å². The van der Waals surface area contributed by atoms with Crippen molar-refractivity contribution in [1.82, 2.24) is 0 Å². The molecule has 0 unspecified atom stereocenters. The second-order valence-electron chi connectivity index (χ2n) is 3.70. The van der Waals surface area contributed by atoms with E-state index in [4.69, 9.17) is 14.6 Å². The molecule has 2 rings (SSSR count). The summed E-state index contributed by atoms with van der Waals surface area (Å²) in [6, 6.07) is 7.16. The highest BCUT2D eigenvalue weighted by Gasteiger charge is 2.18. The third kappa shape index (κ3) is 2.40. The zero-order valence-electron chi connectivity index (χ0n) is 9.29. The van der Waals surface area contributed by atoms with Gasteiger partial charge in [-0.05, 0) is 30.3 Å². The van der Waals surface area contributed by atoms with Crippen LogP contribution in [0.15, 0.2) is 41.0 Å². The Morgan fingerprint density at radius 1 is 1.11 bits per heavy atom. The number of hydrogen-bond donors (Lipinski definition) is 2. The third-order valence-corrected chi connectivity index (χ3v) is 2.43. The van der Waals surface area contributed by atoms with Crippen molar-refractivity contribution in [2.75, 3.05) is 0 Å². The van der Waals surface area contributed by atoms with Gasteiger partial charge >= 0.3 is 5.97 Å². The summed E-state index contributed by atoms with van der Waals surface area (Å²) in [7, 11) is 0. The van der Waals surface area contributed by atoms with Crippen molar-refractivity contribution in [2.24, 2.45) is 0 Å². The standard InChI is InChI=1S/C13H10O5/c14-9-3-1-8(2-4-9)13(17)10-5-6-18-11(10)7-12(15)16/h1-6,14H,7H2,(H,15,16). The molecule has 0 atom stereocenters. The van der Waals surface area contributed by atoms with Gasteiger partial charge in [-0.2, -0.15) is 0 Å². The first-order valence-electron chi connectivity index (χ1n) is 5.20. The number of hydrogen-bond acceptors (Lipinski definition) is 4. The molecule has 92 valence electrons. The lowest BCUT2D eigenvalue weighted by atomic mass is 10.0. The van der Waals surface area contributed by atoms with E-state index in [9.17, 15) is 9.59 Å². The molecule has 0 radical (unpaired) electrons. The van der Waals surface area contributed by atoms with Crippen LogP contribution in [0.25, 0.3) is 0 Å². The van der Waals surface area contributed by atoms with Crippen LogP contribution in [-0.4, -0.2) is 22.0 Å². The maximum atomic E-state index is 12.1. The van der Waals surface area contributed by atoms with Crippen LogP contribution in [0.3, 0.4) is 0 Å². The zero-order chi connectivity index (χ0) is 13.1. The average molecular weight is 246 g/mol. The summed E-state index contributed by atoms with van der Waals surface area (Å²) in [5.41, 5.74) is 0.587. The van der Waals surface area contributed by atoms with Gasteiger partial charge in [0.1, 0.15) is 17.9 Å². The number of carboxylic acids is 1. The van der Waals surface area contributed by atoms with Crippen molar-refractivity contribution in [3.8, 4) is 5.75 Å². The molecule has 5 nitrogen and oxygen atoms in total. The van der Waals surface area contributed by atoms with Gasteiger partial charge in [-0.25, -0.2) is 0 Å². The van der Waals surface area contributed by atoms with Crippen LogP contribution < -0.4 is 0 Å². The second-order valence-corrected chi connectivity index (χ2v) is 3.70. The summed E-state index contributed by atoms with van der Waals surface area (Å²) in [5.74, 6) is -1.21. The molecule has 1 aromatic carbocycles. The monoisotopic (exact) mass is 246 g/mol. The van der Waals surface area contributed by atoms with E-state index in [-0.39, 0.29) is 29.3 Å². The van der Waals surface area contributed by atoms with E-state index < -0.39 is 5.97 Å². The zero-order valence-corrected chi connectivity index (χ0v) is 9.29. The fourth-order valence-electron chi connectivity index (χ4n) is 1.59. The molecule has 0 saturated carbocycles. The van der Waals surface area contributed by atoms with E-state index >= 15 is 0 Å².